The quantitative estimate of drug-likeness (QED) is 0.146. The van der Waals surface area contributed by atoms with Crippen LogP contribution < -0.4 is 9.47 Å². The summed E-state index contributed by atoms with van der Waals surface area (Å²) in [6.45, 7) is 2.21. The lowest BCUT2D eigenvalue weighted by Gasteiger charge is -2.11. The van der Waals surface area contributed by atoms with Gasteiger partial charge in [-0.2, -0.15) is 0 Å². The van der Waals surface area contributed by atoms with E-state index in [1.165, 1.54) is 0 Å². The second kappa shape index (κ2) is 10.3. The van der Waals surface area contributed by atoms with E-state index in [0.717, 1.165) is 8.04 Å². The molecule has 0 spiro atoms. The zero-order chi connectivity index (χ0) is 23.4. The van der Waals surface area contributed by atoms with E-state index in [0.29, 0.717) is 29.0 Å². The number of hydrogen-bond donors (Lipinski definition) is 0. The number of ether oxygens (including phenoxy) is 3. The molecule has 166 valence electrons. The van der Waals surface area contributed by atoms with Gasteiger partial charge in [0, 0.05) is 13.6 Å². The number of aliphatic imine (C=N–C) groups is 1. The van der Waals surface area contributed by atoms with E-state index in [-0.39, 0.29) is 17.3 Å². The van der Waals surface area contributed by atoms with Crippen LogP contribution in [0, 0.1) is 3.57 Å². The lowest BCUT2D eigenvalue weighted by atomic mass is 10.1. The molecule has 0 bridgehead atoms. The first-order valence-electron chi connectivity index (χ1n) is 9.96. The predicted molar refractivity (Wildman–Crippen MR) is 136 cm³/mol. The summed E-state index contributed by atoms with van der Waals surface area (Å²) in [5.41, 5.74) is 1.94. The molecule has 0 fully saturated rings. The first-order valence-corrected chi connectivity index (χ1v) is 11.8. The van der Waals surface area contributed by atoms with Crippen molar-refractivity contribution in [2.24, 2.45) is 4.99 Å². The van der Waals surface area contributed by atoms with Gasteiger partial charge >= 0.3 is 11.9 Å². The minimum absolute atomic E-state index is 0.163. The van der Waals surface area contributed by atoms with Gasteiger partial charge in [0.25, 0.3) is 0 Å². The van der Waals surface area contributed by atoms with E-state index >= 15 is 0 Å². The first-order chi connectivity index (χ1) is 15.9. The molecular weight excluding hydrogens is 601 g/mol. The Hall–Kier alpha value is -2.98. The van der Waals surface area contributed by atoms with E-state index in [1.807, 2.05) is 31.2 Å². The first kappa shape index (κ1) is 23.2. The Morgan fingerprint density at radius 2 is 1.88 bits per heavy atom. The summed E-state index contributed by atoms with van der Waals surface area (Å²) < 4.78 is 18.4. The van der Waals surface area contributed by atoms with Gasteiger partial charge in [0.1, 0.15) is 0 Å². The second-order valence-corrected chi connectivity index (χ2v) is 8.88. The Balaban J connectivity index is 1.60. The highest BCUT2D eigenvalue weighted by atomic mass is 127. The van der Waals surface area contributed by atoms with Crippen LogP contribution in [0.15, 0.2) is 81.9 Å². The molecule has 8 heteroatoms. The van der Waals surface area contributed by atoms with Crippen LogP contribution in [0.1, 0.15) is 28.4 Å². The summed E-state index contributed by atoms with van der Waals surface area (Å²) in [5, 5.41) is 0. The zero-order valence-corrected chi connectivity index (χ0v) is 21.1. The number of cyclic esters (lactones) is 1. The topological polar surface area (TPSA) is 74.2 Å². The monoisotopic (exact) mass is 617 g/mol. The number of benzene rings is 3. The molecule has 0 radical (unpaired) electrons. The van der Waals surface area contributed by atoms with E-state index in [9.17, 15) is 9.59 Å². The average molecular weight is 618 g/mol. The third-order valence-electron chi connectivity index (χ3n) is 4.57. The molecule has 0 saturated heterocycles. The molecule has 0 amide bonds. The van der Waals surface area contributed by atoms with Crippen molar-refractivity contribution in [1.82, 2.24) is 0 Å². The summed E-state index contributed by atoms with van der Waals surface area (Å²) in [4.78, 5) is 29.1. The molecule has 0 unspecified atom stereocenters. The van der Waals surface area contributed by atoms with Crippen LogP contribution in [0.2, 0.25) is 0 Å². The molecule has 0 atom stereocenters. The Labute approximate surface area is 212 Å². The lowest BCUT2D eigenvalue weighted by molar-refractivity contribution is -0.129. The summed E-state index contributed by atoms with van der Waals surface area (Å²) in [5.74, 6) is -0.123. The molecule has 0 saturated carbocycles. The molecule has 4 rings (SSSR count). The van der Waals surface area contributed by atoms with Crippen LogP contribution >= 0.6 is 38.5 Å². The standard InChI is InChI=1S/C25H17BrINO5/c1-2-31-22-13-15(8-11-21(22)32-24(29)16-6-4-3-5-7-16)12-20-25(30)33-23(28-20)17-9-10-19(27)18(26)14-17/h3-14H,2H2,1H3/b20-12-. The molecule has 1 aliphatic heterocycles. The van der Waals surface area contributed by atoms with E-state index in [4.69, 9.17) is 14.2 Å². The smallest absolute Gasteiger partial charge is 0.363 e. The zero-order valence-electron chi connectivity index (χ0n) is 17.4. The molecule has 1 aliphatic rings. The van der Waals surface area contributed by atoms with Crippen molar-refractivity contribution in [2.75, 3.05) is 6.61 Å². The Bertz CT molecular complexity index is 1290. The van der Waals surface area contributed by atoms with E-state index < -0.39 is 11.9 Å². The number of carbonyl (C=O) groups is 2. The number of rotatable bonds is 6. The molecule has 0 N–H and O–H groups in total. The summed E-state index contributed by atoms with van der Waals surface area (Å²) in [6.07, 6.45) is 1.60. The minimum atomic E-state index is -0.544. The molecule has 3 aromatic carbocycles. The lowest BCUT2D eigenvalue weighted by Crippen LogP contribution is -2.09. The van der Waals surface area contributed by atoms with Gasteiger partial charge < -0.3 is 14.2 Å². The summed E-state index contributed by atoms with van der Waals surface area (Å²) in [7, 11) is 0. The summed E-state index contributed by atoms with van der Waals surface area (Å²) in [6, 6.07) is 19.3. The highest BCUT2D eigenvalue weighted by Crippen LogP contribution is 2.31. The number of nitrogens with zero attached hydrogens (tertiary/aromatic N) is 1. The number of hydrogen-bond acceptors (Lipinski definition) is 6. The summed E-state index contributed by atoms with van der Waals surface area (Å²) >= 11 is 5.67. The van der Waals surface area contributed by atoms with Crippen LogP contribution in [0.4, 0.5) is 0 Å². The van der Waals surface area contributed by atoms with Crippen LogP contribution in [0.3, 0.4) is 0 Å². The number of halogens is 2. The van der Waals surface area contributed by atoms with Gasteiger partial charge in [0.15, 0.2) is 17.2 Å². The fraction of sp³-hybridized carbons (Fsp3) is 0.0800. The normalized spacial score (nSPS) is 14.1. The largest absolute Gasteiger partial charge is 0.490 e. The highest BCUT2D eigenvalue weighted by molar-refractivity contribution is 14.1. The Morgan fingerprint density at radius 1 is 1.09 bits per heavy atom. The van der Waals surface area contributed by atoms with Crippen molar-refractivity contribution >= 4 is 62.4 Å². The van der Waals surface area contributed by atoms with Crippen molar-refractivity contribution in [3.63, 3.8) is 0 Å². The van der Waals surface area contributed by atoms with E-state index in [1.54, 1.807) is 48.5 Å². The van der Waals surface area contributed by atoms with Gasteiger partial charge in [0.05, 0.1) is 12.2 Å². The van der Waals surface area contributed by atoms with Crippen LogP contribution in [0.25, 0.3) is 6.08 Å². The number of esters is 2. The second-order valence-electron chi connectivity index (χ2n) is 6.86. The fourth-order valence-corrected chi connectivity index (χ4v) is 3.73. The van der Waals surface area contributed by atoms with Gasteiger partial charge in [-0.1, -0.05) is 24.3 Å². The highest BCUT2D eigenvalue weighted by Gasteiger charge is 2.25. The van der Waals surface area contributed by atoms with Crippen LogP contribution in [-0.4, -0.2) is 24.4 Å². The Kier molecular flexibility index (Phi) is 7.24. The molecule has 1 heterocycles. The SMILES string of the molecule is CCOc1cc(/C=C2\N=C(c3ccc(I)c(Br)c3)OC2=O)ccc1OC(=O)c1ccccc1. The van der Waals surface area contributed by atoms with Crippen molar-refractivity contribution in [3.8, 4) is 11.5 Å². The van der Waals surface area contributed by atoms with Crippen molar-refractivity contribution in [3.05, 3.63) is 97.2 Å². The van der Waals surface area contributed by atoms with Gasteiger partial charge in [-0.3, -0.25) is 0 Å². The minimum Gasteiger partial charge on any atom is -0.490 e. The average Bonchev–Trinajstić information content (AvgIpc) is 3.18. The molecule has 0 aromatic heterocycles. The third kappa shape index (κ3) is 5.51. The van der Waals surface area contributed by atoms with E-state index in [2.05, 4.69) is 43.5 Å². The van der Waals surface area contributed by atoms with Gasteiger partial charge in [-0.25, -0.2) is 14.6 Å². The maximum absolute atomic E-state index is 12.4. The van der Waals surface area contributed by atoms with Crippen molar-refractivity contribution in [2.45, 2.75) is 6.92 Å². The molecule has 3 aromatic rings. The molecular formula is C25H17BrINO5. The van der Waals surface area contributed by atoms with Crippen molar-refractivity contribution in [1.29, 1.82) is 0 Å². The molecule has 0 aliphatic carbocycles. The van der Waals surface area contributed by atoms with Gasteiger partial charge in [0.2, 0.25) is 5.90 Å². The maximum atomic E-state index is 12.4. The van der Waals surface area contributed by atoms with Gasteiger partial charge in [-0.15, -0.1) is 0 Å². The van der Waals surface area contributed by atoms with Crippen LogP contribution in [-0.2, 0) is 9.53 Å². The maximum Gasteiger partial charge on any atom is 0.363 e. The number of carbonyl (C=O) groups excluding carboxylic acids is 2. The fourth-order valence-electron chi connectivity index (χ4n) is 3.02. The third-order valence-corrected chi connectivity index (χ3v) is 6.91. The molecule has 33 heavy (non-hydrogen) atoms. The predicted octanol–water partition coefficient (Wildman–Crippen LogP) is 6.02. The molecule has 6 nitrogen and oxygen atoms in total. The Morgan fingerprint density at radius 3 is 2.61 bits per heavy atom. The van der Waals surface area contributed by atoms with Crippen LogP contribution in [0.5, 0.6) is 11.5 Å². The van der Waals surface area contributed by atoms with Crippen molar-refractivity contribution < 1.29 is 23.8 Å². The van der Waals surface area contributed by atoms with Gasteiger partial charge in [-0.05, 0) is 99.5 Å².